The van der Waals surface area contributed by atoms with Gasteiger partial charge in [-0.15, -0.1) is 0 Å². The maximum atomic E-state index is 13.0. The third-order valence-corrected chi connectivity index (χ3v) is 4.01. The molecule has 0 spiro atoms. The number of nitrogens with zero attached hydrogens (tertiary/aromatic N) is 2. The summed E-state index contributed by atoms with van der Waals surface area (Å²) in [5, 5.41) is 6.68. The van der Waals surface area contributed by atoms with Crippen molar-refractivity contribution in [2.75, 3.05) is 5.32 Å². The molecule has 1 heterocycles. The van der Waals surface area contributed by atoms with Crippen molar-refractivity contribution in [3.8, 4) is 0 Å². The van der Waals surface area contributed by atoms with Gasteiger partial charge in [0.15, 0.2) is 5.69 Å². The fourth-order valence-corrected chi connectivity index (χ4v) is 2.38. The second kappa shape index (κ2) is 6.06. The number of halogens is 3. The molecule has 0 saturated heterocycles. The monoisotopic (exact) mass is 352 g/mol. The van der Waals surface area contributed by atoms with E-state index in [1.54, 1.807) is 6.92 Å². The average molecular weight is 352 g/mol. The van der Waals surface area contributed by atoms with E-state index in [0.717, 1.165) is 17.8 Å². The number of rotatable bonds is 2. The molecule has 1 amide bonds. The molecule has 0 aromatic heterocycles. The number of hydrogen-bond acceptors (Lipinski definition) is 3. The first-order valence-corrected chi connectivity index (χ1v) is 7.61. The number of amides is 1. The van der Waals surface area contributed by atoms with Crippen molar-refractivity contribution in [2.45, 2.75) is 45.8 Å². The van der Waals surface area contributed by atoms with Crippen LogP contribution in [0, 0.1) is 12.0 Å². The predicted molar refractivity (Wildman–Crippen MR) is 89.4 cm³/mol. The predicted octanol–water partition coefficient (Wildman–Crippen LogP) is 4.35. The average Bonchev–Trinajstić information content (AvgIpc) is 2.90. The van der Waals surface area contributed by atoms with Crippen LogP contribution in [0.4, 0.5) is 24.5 Å². The molecule has 0 saturated carbocycles. The zero-order valence-electron chi connectivity index (χ0n) is 14.4. The smallest absolute Gasteiger partial charge is 0.324 e. The third-order valence-electron chi connectivity index (χ3n) is 4.01. The molecule has 134 valence electrons. The largest absolute Gasteiger partial charge is 0.407 e. The Morgan fingerprint density at radius 3 is 2.48 bits per heavy atom. The van der Waals surface area contributed by atoms with Gasteiger partial charge in [0.1, 0.15) is 5.54 Å². The van der Waals surface area contributed by atoms with E-state index in [9.17, 15) is 18.0 Å². The van der Waals surface area contributed by atoms with Gasteiger partial charge in [-0.3, -0.25) is 10.2 Å². The minimum atomic E-state index is -4.67. The summed E-state index contributed by atoms with van der Waals surface area (Å²) in [6.45, 7) is 14.4. The molecule has 5 nitrogen and oxygen atoms in total. The fraction of sp³-hybridized carbons (Fsp3) is 0.471. The third kappa shape index (κ3) is 3.92. The lowest BCUT2D eigenvalue weighted by atomic mass is 9.83. The number of carbonyl (C=O) groups excluding carboxylic acids is 1. The van der Waals surface area contributed by atoms with Crippen molar-refractivity contribution in [1.29, 1.82) is 0 Å². The van der Waals surface area contributed by atoms with E-state index < -0.39 is 28.9 Å². The standard InChI is InChI=1S/C17H19F3N4O/c1-15(2,3)13-9-16(4,24-23-13)14(25)22-10-6-7-12(21-5)11(8-10)17(18,19)20/h6-8,24H,9H2,1-4H3,(H,22,25). The highest BCUT2D eigenvalue weighted by Crippen LogP contribution is 2.38. The highest BCUT2D eigenvalue weighted by Gasteiger charge is 2.42. The maximum absolute atomic E-state index is 13.0. The first kappa shape index (κ1) is 18.8. The van der Waals surface area contributed by atoms with Gasteiger partial charge in [0.2, 0.25) is 0 Å². The summed E-state index contributed by atoms with van der Waals surface area (Å²) in [6, 6.07) is 3.10. The van der Waals surface area contributed by atoms with Crippen LogP contribution in [0.25, 0.3) is 4.85 Å². The summed E-state index contributed by atoms with van der Waals surface area (Å²) < 4.78 is 39.1. The van der Waals surface area contributed by atoms with Gasteiger partial charge < -0.3 is 5.32 Å². The quantitative estimate of drug-likeness (QED) is 0.778. The summed E-state index contributed by atoms with van der Waals surface area (Å²) in [5.41, 5.74) is 0.738. The zero-order valence-corrected chi connectivity index (χ0v) is 14.4. The van der Waals surface area contributed by atoms with Gasteiger partial charge >= 0.3 is 6.18 Å². The van der Waals surface area contributed by atoms with E-state index in [1.165, 1.54) is 6.07 Å². The number of nitrogens with one attached hydrogen (secondary N) is 2. The Bertz CT molecular complexity index is 772. The lowest BCUT2D eigenvalue weighted by Gasteiger charge is -2.25. The van der Waals surface area contributed by atoms with E-state index in [4.69, 9.17) is 6.57 Å². The van der Waals surface area contributed by atoms with Gasteiger partial charge in [-0.25, -0.2) is 4.85 Å². The Kier molecular flexibility index (Phi) is 4.55. The molecule has 0 bridgehead atoms. The van der Waals surface area contributed by atoms with Crippen LogP contribution in [0.3, 0.4) is 0 Å². The van der Waals surface area contributed by atoms with E-state index in [-0.39, 0.29) is 11.1 Å². The lowest BCUT2D eigenvalue weighted by molar-refractivity contribution is -0.136. The molecule has 1 unspecified atom stereocenters. The van der Waals surface area contributed by atoms with Gasteiger partial charge in [-0.05, 0) is 19.1 Å². The van der Waals surface area contributed by atoms with Crippen molar-refractivity contribution in [2.24, 2.45) is 10.5 Å². The Balaban J connectivity index is 2.21. The van der Waals surface area contributed by atoms with Gasteiger partial charge in [-0.2, -0.15) is 18.3 Å². The highest BCUT2D eigenvalue weighted by molar-refractivity contribution is 6.04. The van der Waals surface area contributed by atoms with Crippen LogP contribution in [0.1, 0.15) is 39.7 Å². The molecule has 1 aromatic carbocycles. The number of hydrogen-bond donors (Lipinski definition) is 2. The zero-order chi connectivity index (χ0) is 19.0. The highest BCUT2D eigenvalue weighted by atomic mass is 19.4. The topological polar surface area (TPSA) is 57.9 Å². The lowest BCUT2D eigenvalue weighted by Crippen LogP contribution is -2.48. The Hall–Kier alpha value is -2.56. The number of alkyl halides is 3. The number of hydrazone groups is 1. The summed E-state index contributed by atoms with van der Waals surface area (Å²) in [6.07, 6.45) is -4.31. The minimum absolute atomic E-state index is 0.0167. The van der Waals surface area contributed by atoms with E-state index in [1.807, 2.05) is 20.8 Å². The van der Waals surface area contributed by atoms with Gasteiger partial charge in [0, 0.05) is 23.2 Å². The first-order valence-electron chi connectivity index (χ1n) is 7.61. The molecule has 25 heavy (non-hydrogen) atoms. The molecule has 1 atom stereocenters. The van der Waals surface area contributed by atoms with Crippen LogP contribution >= 0.6 is 0 Å². The van der Waals surface area contributed by atoms with Gasteiger partial charge in [0.25, 0.3) is 5.91 Å². The number of carbonyl (C=O) groups is 1. The van der Waals surface area contributed by atoms with Crippen LogP contribution < -0.4 is 10.7 Å². The van der Waals surface area contributed by atoms with E-state index in [0.29, 0.717) is 6.42 Å². The normalized spacial score (nSPS) is 20.5. The molecular weight excluding hydrogens is 333 g/mol. The molecular formula is C17H19F3N4O. The number of benzene rings is 1. The van der Waals surface area contributed by atoms with E-state index >= 15 is 0 Å². The summed E-state index contributed by atoms with van der Waals surface area (Å²) in [7, 11) is 0. The summed E-state index contributed by atoms with van der Waals surface area (Å²) in [5.74, 6) is -0.487. The minimum Gasteiger partial charge on any atom is -0.324 e. The molecule has 1 aromatic rings. The molecule has 8 heteroatoms. The Morgan fingerprint density at radius 1 is 1.36 bits per heavy atom. The number of anilines is 1. The van der Waals surface area contributed by atoms with Crippen molar-refractivity contribution >= 4 is 23.0 Å². The molecule has 2 N–H and O–H groups in total. The summed E-state index contributed by atoms with van der Waals surface area (Å²) in [4.78, 5) is 15.4. The molecule has 0 radical (unpaired) electrons. The molecule has 0 aliphatic carbocycles. The second-order valence-electron chi connectivity index (χ2n) is 7.22. The van der Waals surface area contributed by atoms with Crippen molar-refractivity contribution < 1.29 is 18.0 Å². The van der Waals surface area contributed by atoms with Crippen molar-refractivity contribution in [3.63, 3.8) is 0 Å². The molecule has 1 aliphatic heterocycles. The SMILES string of the molecule is [C-]#[N+]c1ccc(NC(=O)C2(C)CC(C(C)(C)C)=NN2)cc1C(F)(F)F. The van der Waals surface area contributed by atoms with Crippen LogP contribution in [0.15, 0.2) is 23.3 Å². The molecule has 0 fully saturated rings. The maximum Gasteiger partial charge on any atom is 0.407 e. The van der Waals surface area contributed by atoms with Gasteiger partial charge in [-0.1, -0.05) is 26.8 Å². The second-order valence-corrected chi connectivity index (χ2v) is 7.22. The van der Waals surface area contributed by atoms with Crippen LogP contribution in [0.2, 0.25) is 0 Å². The summed E-state index contributed by atoms with van der Waals surface area (Å²) >= 11 is 0. The molecule has 1 aliphatic rings. The van der Waals surface area contributed by atoms with Crippen molar-refractivity contribution in [1.82, 2.24) is 5.43 Å². The van der Waals surface area contributed by atoms with Gasteiger partial charge in [0.05, 0.1) is 12.1 Å². The fourth-order valence-electron chi connectivity index (χ4n) is 2.38. The molecule has 2 rings (SSSR count). The Labute approximate surface area is 144 Å². The van der Waals surface area contributed by atoms with Crippen LogP contribution in [0.5, 0.6) is 0 Å². The van der Waals surface area contributed by atoms with E-state index in [2.05, 4.69) is 20.7 Å². The van der Waals surface area contributed by atoms with Crippen LogP contribution in [-0.4, -0.2) is 17.2 Å². The first-order chi connectivity index (χ1) is 11.4. The van der Waals surface area contributed by atoms with Crippen molar-refractivity contribution in [3.05, 3.63) is 35.2 Å². The Morgan fingerprint density at radius 2 is 2.00 bits per heavy atom. The van der Waals surface area contributed by atoms with Crippen LogP contribution in [-0.2, 0) is 11.0 Å².